The van der Waals surface area contributed by atoms with Gasteiger partial charge in [-0.1, -0.05) is 18.2 Å². The number of hydrogen-bond donors (Lipinski definition) is 2. The molecule has 2 aromatic carbocycles. The lowest BCUT2D eigenvalue weighted by atomic mass is 10.1. The van der Waals surface area contributed by atoms with E-state index in [0.29, 0.717) is 43.3 Å². The molecule has 0 spiro atoms. The van der Waals surface area contributed by atoms with E-state index in [1.807, 2.05) is 43.9 Å². The summed E-state index contributed by atoms with van der Waals surface area (Å²) < 4.78 is 10.9. The van der Waals surface area contributed by atoms with Gasteiger partial charge in [-0.2, -0.15) is 0 Å². The van der Waals surface area contributed by atoms with Crippen LogP contribution in [0.15, 0.2) is 36.4 Å². The zero-order chi connectivity index (χ0) is 22.4. The van der Waals surface area contributed by atoms with Crippen LogP contribution in [0.5, 0.6) is 11.5 Å². The number of para-hydroxylation sites is 1. The number of benzene rings is 2. The number of methoxy groups -OCH3 is 1. The monoisotopic (exact) mass is 426 g/mol. The normalized spacial score (nSPS) is 14.3. The second-order valence-electron chi connectivity index (χ2n) is 7.83. The number of amides is 2. The standard InChI is InChI=1S/C24H31N3O4/c1-5-31-21-15-19(9-10-20(21)30-4)24(29)27-13-11-26(12-14-27)16-22(28)25-23-17(2)7-6-8-18(23)3/h6-10,15H,5,11-14,16H2,1-4H3,(H,25,28)/p+1. The van der Waals surface area contributed by atoms with E-state index in [9.17, 15) is 9.59 Å². The number of piperazine rings is 1. The third kappa shape index (κ3) is 5.55. The molecule has 2 aromatic rings. The van der Waals surface area contributed by atoms with Gasteiger partial charge in [0, 0.05) is 11.3 Å². The van der Waals surface area contributed by atoms with Crippen LogP contribution in [0.4, 0.5) is 5.69 Å². The Morgan fingerprint density at radius 1 is 1.06 bits per heavy atom. The molecule has 0 aromatic heterocycles. The fraction of sp³-hybridized carbons (Fsp3) is 0.417. The molecular formula is C24H32N3O4+. The smallest absolute Gasteiger partial charge is 0.279 e. The molecule has 1 heterocycles. The molecule has 0 unspecified atom stereocenters. The average molecular weight is 427 g/mol. The van der Waals surface area contributed by atoms with E-state index in [-0.39, 0.29) is 11.8 Å². The second-order valence-corrected chi connectivity index (χ2v) is 7.83. The number of quaternary nitrogens is 1. The van der Waals surface area contributed by atoms with Crippen molar-refractivity contribution in [2.45, 2.75) is 20.8 Å². The van der Waals surface area contributed by atoms with Gasteiger partial charge in [0.25, 0.3) is 11.8 Å². The minimum Gasteiger partial charge on any atom is -0.493 e. The highest BCUT2D eigenvalue weighted by Crippen LogP contribution is 2.28. The fourth-order valence-corrected chi connectivity index (χ4v) is 3.89. The zero-order valence-electron chi connectivity index (χ0n) is 18.8. The Morgan fingerprint density at radius 3 is 2.35 bits per heavy atom. The van der Waals surface area contributed by atoms with E-state index < -0.39 is 0 Å². The highest BCUT2D eigenvalue weighted by molar-refractivity contribution is 5.95. The number of aryl methyl sites for hydroxylation is 2. The summed E-state index contributed by atoms with van der Waals surface area (Å²) in [6.07, 6.45) is 0. The van der Waals surface area contributed by atoms with Crippen molar-refractivity contribution in [1.82, 2.24) is 4.90 Å². The minimum atomic E-state index is -0.0253. The maximum Gasteiger partial charge on any atom is 0.279 e. The van der Waals surface area contributed by atoms with Gasteiger partial charge in [0.15, 0.2) is 18.0 Å². The largest absolute Gasteiger partial charge is 0.493 e. The molecule has 0 saturated carbocycles. The molecule has 7 nitrogen and oxygen atoms in total. The van der Waals surface area contributed by atoms with E-state index in [1.54, 1.807) is 25.3 Å². The van der Waals surface area contributed by atoms with Crippen LogP contribution >= 0.6 is 0 Å². The Hall–Kier alpha value is -3.06. The predicted molar refractivity (Wildman–Crippen MR) is 120 cm³/mol. The fourth-order valence-electron chi connectivity index (χ4n) is 3.89. The summed E-state index contributed by atoms with van der Waals surface area (Å²) in [5, 5.41) is 3.05. The van der Waals surface area contributed by atoms with Gasteiger partial charge in [-0.05, 0) is 50.1 Å². The average Bonchev–Trinajstić information content (AvgIpc) is 2.76. The summed E-state index contributed by atoms with van der Waals surface area (Å²) in [7, 11) is 1.58. The Balaban J connectivity index is 1.55. The summed E-state index contributed by atoms with van der Waals surface area (Å²) in [6, 6.07) is 11.2. The van der Waals surface area contributed by atoms with Gasteiger partial charge >= 0.3 is 0 Å². The van der Waals surface area contributed by atoms with Crippen LogP contribution in [0.1, 0.15) is 28.4 Å². The van der Waals surface area contributed by atoms with E-state index in [1.165, 1.54) is 4.90 Å². The molecule has 0 bridgehead atoms. The van der Waals surface area contributed by atoms with Crippen molar-refractivity contribution in [3.05, 3.63) is 53.1 Å². The zero-order valence-corrected chi connectivity index (χ0v) is 18.8. The number of anilines is 1. The molecule has 1 aliphatic rings. The first-order valence-corrected chi connectivity index (χ1v) is 10.7. The van der Waals surface area contributed by atoms with Gasteiger partial charge in [-0.15, -0.1) is 0 Å². The lowest BCUT2D eigenvalue weighted by molar-refractivity contribution is -0.895. The van der Waals surface area contributed by atoms with Crippen molar-refractivity contribution in [1.29, 1.82) is 0 Å². The summed E-state index contributed by atoms with van der Waals surface area (Å²) in [5.41, 5.74) is 3.60. The van der Waals surface area contributed by atoms with E-state index in [2.05, 4.69) is 5.32 Å². The lowest BCUT2D eigenvalue weighted by Gasteiger charge is -2.32. The Labute approximate surface area is 183 Å². The summed E-state index contributed by atoms with van der Waals surface area (Å²) in [6.45, 7) is 9.48. The molecule has 1 fully saturated rings. The van der Waals surface area contributed by atoms with Crippen LogP contribution in [0.3, 0.4) is 0 Å². The summed E-state index contributed by atoms with van der Waals surface area (Å²) >= 11 is 0. The van der Waals surface area contributed by atoms with E-state index in [0.717, 1.165) is 29.9 Å². The number of nitrogens with one attached hydrogen (secondary N) is 2. The first kappa shape index (κ1) is 22.6. The van der Waals surface area contributed by atoms with Crippen molar-refractivity contribution in [2.24, 2.45) is 0 Å². The van der Waals surface area contributed by atoms with Gasteiger partial charge in [0.05, 0.1) is 39.9 Å². The highest BCUT2D eigenvalue weighted by Gasteiger charge is 2.26. The molecule has 2 N–H and O–H groups in total. The SMILES string of the molecule is CCOc1cc(C(=O)N2CC[NH+](CC(=O)Nc3c(C)cccc3C)CC2)ccc1OC. The molecule has 7 heteroatoms. The molecule has 0 atom stereocenters. The van der Waals surface area contributed by atoms with Crippen molar-refractivity contribution in [3.63, 3.8) is 0 Å². The number of rotatable bonds is 7. The molecule has 166 valence electrons. The van der Waals surface area contributed by atoms with Crippen LogP contribution in [0.2, 0.25) is 0 Å². The van der Waals surface area contributed by atoms with Crippen LogP contribution < -0.4 is 19.7 Å². The molecule has 0 radical (unpaired) electrons. The van der Waals surface area contributed by atoms with E-state index >= 15 is 0 Å². The topological polar surface area (TPSA) is 72.3 Å². The van der Waals surface area contributed by atoms with Gasteiger partial charge < -0.3 is 24.6 Å². The summed E-state index contributed by atoms with van der Waals surface area (Å²) in [4.78, 5) is 28.5. The molecule has 3 rings (SSSR count). The minimum absolute atomic E-state index is 0.00341. The Kier molecular flexibility index (Phi) is 7.52. The van der Waals surface area contributed by atoms with E-state index in [4.69, 9.17) is 9.47 Å². The molecule has 31 heavy (non-hydrogen) atoms. The van der Waals surface area contributed by atoms with Crippen molar-refractivity contribution < 1.29 is 24.0 Å². The Bertz CT molecular complexity index is 916. The molecule has 1 aliphatic heterocycles. The number of carbonyl (C=O) groups is 2. The van der Waals surface area contributed by atoms with Gasteiger partial charge in [0.2, 0.25) is 0 Å². The van der Waals surface area contributed by atoms with Gasteiger partial charge in [-0.3, -0.25) is 9.59 Å². The molecule has 2 amide bonds. The quantitative estimate of drug-likeness (QED) is 0.707. The van der Waals surface area contributed by atoms with Crippen molar-refractivity contribution in [3.8, 4) is 11.5 Å². The first-order chi connectivity index (χ1) is 14.9. The molecular weight excluding hydrogens is 394 g/mol. The van der Waals surface area contributed by atoms with Crippen LogP contribution in [0.25, 0.3) is 0 Å². The van der Waals surface area contributed by atoms with Crippen molar-refractivity contribution in [2.75, 3.05) is 51.8 Å². The molecule has 1 saturated heterocycles. The third-order valence-corrected chi connectivity index (χ3v) is 5.62. The van der Waals surface area contributed by atoms with Gasteiger partial charge in [0.1, 0.15) is 0 Å². The lowest BCUT2D eigenvalue weighted by Crippen LogP contribution is -3.15. The molecule has 0 aliphatic carbocycles. The highest BCUT2D eigenvalue weighted by atomic mass is 16.5. The first-order valence-electron chi connectivity index (χ1n) is 10.7. The second kappa shape index (κ2) is 10.3. The van der Waals surface area contributed by atoms with Crippen molar-refractivity contribution >= 4 is 17.5 Å². The predicted octanol–water partition coefficient (Wildman–Crippen LogP) is 1.69. The maximum absolute atomic E-state index is 12.9. The number of hydrogen-bond acceptors (Lipinski definition) is 4. The number of nitrogens with zero attached hydrogens (tertiary/aromatic N) is 1. The number of carbonyl (C=O) groups excluding carboxylic acids is 2. The Morgan fingerprint density at radius 2 is 1.74 bits per heavy atom. The van der Waals surface area contributed by atoms with Crippen LogP contribution in [0, 0.1) is 13.8 Å². The van der Waals surface area contributed by atoms with Gasteiger partial charge in [-0.25, -0.2) is 0 Å². The summed E-state index contributed by atoms with van der Waals surface area (Å²) in [5.74, 6) is 1.16. The maximum atomic E-state index is 12.9. The van der Waals surface area contributed by atoms with Crippen LogP contribution in [-0.4, -0.2) is 63.2 Å². The van der Waals surface area contributed by atoms with Crippen LogP contribution in [-0.2, 0) is 4.79 Å². The third-order valence-electron chi connectivity index (χ3n) is 5.62. The number of ether oxygens (including phenoxy) is 2.